The number of unbranched alkanes of at least 4 members (excludes halogenated alkanes) is 24. The Morgan fingerprint density at radius 1 is 0.351 bits per heavy atom. The molecule has 6 nitrogen and oxygen atoms in total. The van der Waals surface area contributed by atoms with Gasteiger partial charge < -0.3 is 14.2 Å². The maximum Gasteiger partial charge on any atom is 0.306 e. The van der Waals surface area contributed by atoms with Crippen molar-refractivity contribution in [3.63, 3.8) is 0 Å². The Bertz CT molecular complexity index is 1010. The smallest absolute Gasteiger partial charge is 0.306 e. The van der Waals surface area contributed by atoms with Crippen molar-refractivity contribution in [2.75, 3.05) is 13.2 Å². The molecule has 0 aliphatic carbocycles. The third-order valence-electron chi connectivity index (χ3n) is 10.3. The molecule has 0 radical (unpaired) electrons. The average molecular weight is 799 g/mol. The number of carbonyl (C=O) groups excluding carboxylic acids is 3. The predicted octanol–water partition coefficient (Wildman–Crippen LogP) is 15.5. The zero-order chi connectivity index (χ0) is 41.5. The van der Waals surface area contributed by atoms with Crippen LogP contribution in [-0.2, 0) is 28.6 Å². The lowest BCUT2D eigenvalue weighted by Crippen LogP contribution is -2.30. The highest BCUT2D eigenvalue weighted by atomic mass is 16.6. The maximum atomic E-state index is 12.7. The van der Waals surface area contributed by atoms with Gasteiger partial charge in [0.15, 0.2) is 6.10 Å². The second kappa shape index (κ2) is 46.1. The minimum atomic E-state index is -0.777. The van der Waals surface area contributed by atoms with Gasteiger partial charge in [-0.05, 0) is 83.5 Å². The van der Waals surface area contributed by atoms with E-state index in [1.54, 1.807) is 0 Å². The molecular formula is C51H90O6. The van der Waals surface area contributed by atoms with E-state index < -0.39 is 6.10 Å². The number of carbonyl (C=O) groups is 3. The van der Waals surface area contributed by atoms with E-state index in [0.717, 1.165) is 89.9 Å². The van der Waals surface area contributed by atoms with Crippen molar-refractivity contribution in [2.24, 2.45) is 0 Å². The molecule has 0 saturated heterocycles. The lowest BCUT2D eigenvalue weighted by Gasteiger charge is -2.18. The van der Waals surface area contributed by atoms with E-state index in [0.29, 0.717) is 19.3 Å². The van der Waals surface area contributed by atoms with Crippen LogP contribution in [0.1, 0.15) is 239 Å². The van der Waals surface area contributed by atoms with Crippen LogP contribution < -0.4 is 0 Å². The lowest BCUT2D eigenvalue weighted by atomic mass is 10.1. The van der Waals surface area contributed by atoms with Crippen LogP contribution in [0.4, 0.5) is 0 Å². The van der Waals surface area contributed by atoms with E-state index in [1.165, 1.54) is 109 Å². The molecule has 0 amide bonds. The molecule has 0 aromatic rings. The van der Waals surface area contributed by atoms with Crippen LogP contribution in [0.5, 0.6) is 0 Å². The van der Waals surface area contributed by atoms with Gasteiger partial charge in [-0.15, -0.1) is 0 Å². The Balaban J connectivity index is 4.29. The van der Waals surface area contributed by atoms with Gasteiger partial charge in [0.25, 0.3) is 0 Å². The predicted molar refractivity (Wildman–Crippen MR) is 242 cm³/mol. The van der Waals surface area contributed by atoms with Crippen molar-refractivity contribution in [1.82, 2.24) is 0 Å². The molecule has 0 aromatic carbocycles. The highest BCUT2D eigenvalue weighted by Crippen LogP contribution is 2.13. The summed E-state index contributed by atoms with van der Waals surface area (Å²) < 4.78 is 16.7. The second-order valence-corrected chi connectivity index (χ2v) is 16.0. The van der Waals surface area contributed by atoms with Gasteiger partial charge in [0.2, 0.25) is 0 Å². The van der Waals surface area contributed by atoms with Crippen LogP contribution in [0.3, 0.4) is 0 Å². The molecule has 0 aromatic heterocycles. The first kappa shape index (κ1) is 54.4. The Morgan fingerprint density at radius 3 is 1.05 bits per heavy atom. The monoisotopic (exact) mass is 799 g/mol. The Hall–Kier alpha value is -2.63. The molecule has 0 heterocycles. The van der Waals surface area contributed by atoms with Crippen LogP contribution in [0.15, 0.2) is 48.6 Å². The summed E-state index contributed by atoms with van der Waals surface area (Å²) in [6.45, 7) is 6.53. The third-order valence-corrected chi connectivity index (χ3v) is 10.3. The average Bonchev–Trinajstić information content (AvgIpc) is 3.21. The summed E-state index contributed by atoms with van der Waals surface area (Å²) in [5.41, 5.74) is 0. The van der Waals surface area contributed by atoms with E-state index in [-0.39, 0.29) is 31.1 Å². The van der Waals surface area contributed by atoms with Gasteiger partial charge in [-0.2, -0.15) is 0 Å². The zero-order valence-corrected chi connectivity index (χ0v) is 37.6. The number of ether oxygens (including phenoxy) is 3. The number of rotatable bonds is 43. The van der Waals surface area contributed by atoms with E-state index in [9.17, 15) is 14.4 Å². The van der Waals surface area contributed by atoms with Gasteiger partial charge in [-0.1, -0.05) is 185 Å². The topological polar surface area (TPSA) is 78.9 Å². The molecule has 0 saturated carbocycles. The molecule has 57 heavy (non-hydrogen) atoms. The molecule has 0 aliphatic heterocycles. The molecule has 1 unspecified atom stereocenters. The van der Waals surface area contributed by atoms with Crippen molar-refractivity contribution in [3.05, 3.63) is 48.6 Å². The zero-order valence-electron chi connectivity index (χ0n) is 37.6. The van der Waals surface area contributed by atoms with Gasteiger partial charge in [-0.25, -0.2) is 0 Å². The van der Waals surface area contributed by atoms with Crippen molar-refractivity contribution in [2.45, 2.75) is 245 Å². The largest absolute Gasteiger partial charge is 0.462 e. The van der Waals surface area contributed by atoms with Crippen LogP contribution >= 0.6 is 0 Å². The molecule has 330 valence electrons. The minimum absolute atomic E-state index is 0.0801. The Morgan fingerprint density at radius 2 is 0.632 bits per heavy atom. The summed E-state index contributed by atoms with van der Waals surface area (Å²) in [7, 11) is 0. The first-order valence-corrected chi connectivity index (χ1v) is 24.1. The lowest BCUT2D eigenvalue weighted by molar-refractivity contribution is -0.167. The quantitative estimate of drug-likeness (QED) is 0.0265. The third kappa shape index (κ3) is 44.3. The maximum absolute atomic E-state index is 12.7. The molecule has 0 bridgehead atoms. The SMILES string of the molecule is CCCCC/C=C\C/C=C\C/C=C\CCCCCCCCC(=O)OCC(COC(=O)CCCCCCCCC)OC(=O)CCCCCCC/C=C\CCCCCC. The van der Waals surface area contributed by atoms with Crippen LogP contribution in [0.25, 0.3) is 0 Å². The number of allylic oxidation sites excluding steroid dienone is 8. The van der Waals surface area contributed by atoms with E-state index >= 15 is 0 Å². The van der Waals surface area contributed by atoms with Gasteiger partial charge in [0.1, 0.15) is 13.2 Å². The Labute approximate surface area is 352 Å². The summed E-state index contributed by atoms with van der Waals surface area (Å²) in [5.74, 6) is -0.907. The van der Waals surface area contributed by atoms with Crippen LogP contribution in [0, 0.1) is 0 Å². The first-order valence-electron chi connectivity index (χ1n) is 24.1. The number of hydrogen-bond acceptors (Lipinski definition) is 6. The summed E-state index contributed by atoms with van der Waals surface area (Å²) in [4.78, 5) is 37.7. The Kier molecular flexibility index (Phi) is 43.9. The normalized spacial score (nSPS) is 12.4. The van der Waals surface area contributed by atoms with Crippen LogP contribution in [-0.4, -0.2) is 37.2 Å². The fourth-order valence-electron chi connectivity index (χ4n) is 6.62. The fourth-order valence-corrected chi connectivity index (χ4v) is 6.62. The second-order valence-electron chi connectivity index (χ2n) is 16.0. The van der Waals surface area contributed by atoms with E-state index in [4.69, 9.17) is 14.2 Å². The number of esters is 3. The molecule has 1 atom stereocenters. The molecule has 0 fully saturated rings. The van der Waals surface area contributed by atoms with E-state index in [2.05, 4.69) is 69.4 Å². The summed E-state index contributed by atoms with van der Waals surface area (Å²) in [5, 5.41) is 0. The van der Waals surface area contributed by atoms with Gasteiger partial charge in [0, 0.05) is 19.3 Å². The summed E-state index contributed by atoms with van der Waals surface area (Å²) in [6, 6.07) is 0. The number of hydrogen-bond donors (Lipinski definition) is 0. The van der Waals surface area contributed by atoms with Crippen molar-refractivity contribution >= 4 is 17.9 Å². The minimum Gasteiger partial charge on any atom is -0.462 e. The summed E-state index contributed by atoms with van der Waals surface area (Å²) in [6.07, 6.45) is 53.9. The van der Waals surface area contributed by atoms with Crippen molar-refractivity contribution in [1.29, 1.82) is 0 Å². The van der Waals surface area contributed by atoms with Gasteiger partial charge >= 0.3 is 17.9 Å². The standard InChI is InChI=1S/C51H90O6/c1-4-7-10-13-16-18-20-22-23-24-25-26-27-29-30-32-35-38-41-44-50(53)56-47-48(46-55-49(52)43-40-37-34-15-12-9-6-3)57-51(54)45-42-39-36-33-31-28-21-19-17-14-11-8-5-2/h16,18-19,21-23,25-26,48H,4-15,17,20,24,27-47H2,1-3H3/b18-16-,21-19-,23-22-,26-25-. The molecule has 0 aliphatic rings. The molecule has 0 spiro atoms. The highest BCUT2D eigenvalue weighted by Gasteiger charge is 2.19. The van der Waals surface area contributed by atoms with Gasteiger partial charge in [0.05, 0.1) is 0 Å². The first-order chi connectivity index (χ1) is 28.0. The van der Waals surface area contributed by atoms with E-state index in [1.807, 2.05) is 0 Å². The van der Waals surface area contributed by atoms with Gasteiger partial charge in [-0.3, -0.25) is 14.4 Å². The highest BCUT2D eigenvalue weighted by molar-refractivity contribution is 5.71. The molecular weight excluding hydrogens is 709 g/mol. The molecule has 0 N–H and O–H groups in total. The van der Waals surface area contributed by atoms with Crippen molar-refractivity contribution < 1.29 is 28.6 Å². The van der Waals surface area contributed by atoms with Crippen molar-refractivity contribution in [3.8, 4) is 0 Å². The van der Waals surface area contributed by atoms with Crippen LogP contribution in [0.2, 0.25) is 0 Å². The summed E-state index contributed by atoms with van der Waals surface area (Å²) >= 11 is 0. The fraction of sp³-hybridized carbons (Fsp3) is 0.784. The molecule has 6 heteroatoms. The molecule has 0 rings (SSSR count).